The zero-order valence-electron chi connectivity index (χ0n) is 18.6. The van der Waals surface area contributed by atoms with E-state index >= 15 is 0 Å². The first-order chi connectivity index (χ1) is 16.1. The highest BCUT2D eigenvalue weighted by Crippen LogP contribution is 2.38. The molecule has 1 aliphatic rings. The van der Waals surface area contributed by atoms with E-state index in [9.17, 15) is 21.2 Å². The molecule has 0 unspecified atom stereocenters. The number of anilines is 1. The molecule has 3 aromatic carbocycles. The van der Waals surface area contributed by atoms with Crippen LogP contribution in [0.25, 0.3) is 0 Å². The number of hydrogen-bond donors (Lipinski definition) is 1. The van der Waals surface area contributed by atoms with Gasteiger partial charge < -0.3 is 0 Å². The van der Waals surface area contributed by atoms with E-state index in [1.54, 1.807) is 48.5 Å². The molecule has 178 valence electrons. The van der Waals surface area contributed by atoms with Crippen molar-refractivity contribution in [2.45, 2.75) is 31.2 Å². The Kier molecular flexibility index (Phi) is 6.46. The van der Waals surface area contributed by atoms with Crippen LogP contribution in [-0.4, -0.2) is 32.7 Å². The molecule has 3 aromatic rings. The lowest BCUT2D eigenvalue weighted by molar-refractivity contribution is 0.362. The normalized spacial score (nSPS) is 16.4. The molecular weight excluding hydrogens is 477 g/mol. The van der Waals surface area contributed by atoms with Gasteiger partial charge in [-0.15, -0.1) is 0 Å². The summed E-state index contributed by atoms with van der Waals surface area (Å²) in [7, 11) is -7.58. The average molecular weight is 502 g/mol. The lowest BCUT2D eigenvalue weighted by Crippen LogP contribution is -2.28. The molecule has 0 aromatic heterocycles. The van der Waals surface area contributed by atoms with Crippen LogP contribution >= 0.6 is 0 Å². The predicted molar refractivity (Wildman–Crippen MR) is 130 cm³/mol. The van der Waals surface area contributed by atoms with Gasteiger partial charge in [0.05, 0.1) is 22.4 Å². The minimum absolute atomic E-state index is 0.0499. The molecule has 0 aliphatic carbocycles. The third-order valence-corrected chi connectivity index (χ3v) is 8.55. The standard InChI is InChI=1S/C24H24FN3O4S2/c1-3-33(29,30)27-19-8-6-7-18(15-19)23-16-24(21-9-4-5-10-22(21)25)28(26-23)34(31,32)20-13-11-17(2)12-14-20/h4-15,24,27H,3,16H2,1-2H3/t24-/m1/s1. The Labute approximate surface area is 199 Å². The lowest BCUT2D eigenvalue weighted by atomic mass is 9.98. The second-order valence-corrected chi connectivity index (χ2v) is 11.8. The van der Waals surface area contributed by atoms with Gasteiger partial charge in [-0.2, -0.15) is 17.9 Å². The molecule has 0 fully saturated rings. The largest absolute Gasteiger partial charge is 0.284 e. The molecule has 1 aliphatic heterocycles. The van der Waals surface area contributed by atoms with E-state index in [1.807, 2.05) is 6.92 Å². The van der Waals surface area contributed by atoms with E-state index in [0.29, 0.717) is 17.0 Å². The molecule has 0 amide bonds. The van der Waals surface area contributed by atoms with Crippen molar-refractivity contribution in [1.29, 1.82) is 0 Å². The summed E-state index contributed by atoms with van der Waals surface area (Å²) < 4.78 is 69.1. The van der Waals surface area contributed by atoms with Crippen LogP contribution in [0.2, 0.25) is 0 Å². The molecule has 10 heteroatoms. The molecule has 0 saturated heterocycles. The molecule has 1 heterocycles. The Morgan fingerprint density at radius 1 is 1.00 bits per heavy atom. The molecule has 0 saturated carbocycles. The van der Waals surface area contributed by atoms with Crippen molar-refractivity contribution in [2.75, 3.05) is 10.5 Å². The van der Waals surface area contributed by atoms with Gasteiger partial charge >= 0.3 is 0 Å². The van der Waals surface area contributed by atoms with Gasteiger partial charge in [-0.25, -0.2) is 12.8 Å². The smallest absolute Gasteiger partial charge is 0.279 e. The van der Waals surface area contributed by atoms with Gasteiger partial charge in [0.25, 0.3) is 10.0 Å². The average Bonchev–Trinajstić information content (AvgIpc) is 3.26. The maximum atomic E-state index is 14.7. The number of sulfonamides is 2. The van der Waals surface area contributed by atoms with Gasteiger partial charge in [0.2, 0.25) is 10.0 Å². The molecule has 0 radical (unpaired) electrons. The number of nitrogens with one attached hydrogen (secondary N) is 1. The van der Waals surface area contributed by atoms with Crippen LogP contribution in [-0.2, 0) is 20.0 Å². The molecular formula is C24H24FN3O4S2. The number of hydrogen-bond acceptors (Lipinski definition) is 5. The van der Waals surface area contributed by atoms with Gasteiger partial charge in [0, 0.05) is 17.7 Å². The maximum absolute atomic E-state index is 14.7. The van der Waals surface area contributed by atoms with Crippen molar-refractivity contribution in [3.63, 3.8) is 0 Å². The second kappa shape index (κ2) is 9.19. The molecule has 0 spiro atoms. The van der Waals surface area contributed by atoms with Crippen molar-refractivity contribution in [1.82, 2.24) is 4.41 Å². The summed E-state index contributed by atoms with van der Waals surface area (Å²) in [5.41, 5.74) is 2.39. The van der Waals surface area contributed by atoms with Crippen LogP contribution < -0.4 is 4.72 Å². The fraction of sp³-hybridized carbons (Fsp3) is 0.208. The third-order valence-electron chi connectivity index (χ3n) is 5.55. The Morgan fingerprint density at radius 2 is 1.71 bits per heavy atom. The predicted octanol–water partition coefficient (Wildman–Crippen LogP) is 4.44. The third kappa shape index (κ3) is 4.83. The van der Waals surface area contributed by atoms with Crippen LogP contribution in [0.3, 0.4) is 0 Å². The summed E-state index contributed by atoms with van der Waals surface area (Å²) >= 11 is 0. The number of hydrazone groups is 1. The highest BCUT2D eigenvalue weighted by molar-refractivity contribution is 7.92. The number of rotatable bonds is 7. The highest BCUT2D eigenvalue weighted by Gasteiger charge is 2.38. The van der Waals surface area contributed by atoms with E-state index in [-0.39, 0.29) is 22.6 Å². The van der Waals surface area contributed by atoms with Crippen LogP contribution in [0.4, 0.5) is 10.1 Å². The first kappa shape index (κ1) is 23.9. The van der Waals surface area contributed by atoms with Crippen LogP contribution in [0, 0.1) is 12.7 Å². The minimum Gasteiger partial charge on any atom is -0.284 e. The van der Waals surface area contributed by atoms with Crippen molar-refractivity contribution in [3.05, 3.63) is 95.3 Å². The van der Waals surface area contributed by atoms with Gasteiger partial charge in [-0.05, 0) is 49.7 Å². The van der Waals surface area contributed by atoms with E-state index in [4.69, 9.17) is 0 Å². The quantitative estimate of drug-likeness (QED) is 0.518. The highest BCUT2D eigenvalue weighted by atomic mass is 32.2. The summed E-state index contributed by atoms with van der Waals surface area (Å²) in [4.78, 5) is 0.0499. The molecule has 0 bridgehead atoms. The Balaban J connectivity index is 1.78. The van der Waals surface area contributed by atoms with Gasteiger partial charge in [0.1, 0.15) is 5.82 Å². The summed E-state index contributed by atoms with van der Waals surface area (Å²) in [5, 5.41) is 4.40. The number of aryl methyl sites for hydroxylation is 1. The van der Waals surface area contributed by atoms with Crippen LogP contribution in [0.5, 0.6) is 0 Å². The number of nitrogens with zero attached hydrogens (tertiary/aromatic N) is 2. The van der Waals surface area contributed by atoms with Gasteiger partial charge in [-0.3, -0.25) is 4.72 Å². The Bertz CT molecular complexity index is 1450. The Morgan fingerprint density at radius 3 is 2.38 bits per heavy atom. The number of halogens is 1. The lowest BCUT2D eigenvalue weighted by Gasteiger charge is -2.23. The Hall–Kier alpha value is -3.24. The van der Waals surface area contributed by atoms with Crippen LogP contribution in [0.1, 0.15) is 36.1 Å². The second-order valence-electron chi connectivity index (χ2n) is 7.97. The molecule has 1 atom stereocenters. The first-order valence-corrected chi connectivity index (χ1v) is 13.7. The number of benzene rings is 3. The van der Waals surface area contributed by atoms with E-state index < -0.39 is 31.9 Å². The molecule has 34 heavy (non-hydrogen) atoms. The minimum atomic E-state index is -4.09. The summed E-state index contributed by atoms with van der Waals surface area (Å²) in [6.07, 6.45) is 0.121. The fourth-order valence-electron chi connectivity index (χ4n) is 3.69. The molecule has 4 rings (SSSR count). The summed E-state index contributed by atoms with van der Waals surface area (Å²) in [6.45, 7) is 3.38. The first-order valence-electron chi connectivity index (χ1n) is 10.6. The van der Waals surface area contributed by atoms with Crippen LogP contribution in [0.15, 0.2) is 82.8 Å². The summed E-state index contributed by atoms with van der Waals surface area (Å²) in [5.74, 6) is -0.617. The van der Waals surface area contributed by atoms with Crippen molar-refractivity contribution in [3.8, 4) is 0 Å². The van der Waals surface area contributed by atoms with Crippen molar-refractivity contribution in [2.24, 2.45) is 5.10 Å². The van der Waals surface area contributed by atoms with E-state index in [1.165, 1.54) is 31.2 Å². The van der Waals surface area contributed by atoms with Gasteiger partial charge in [-0.1, -0.05) is 48.0 Å². The van der Waals surface area contributed by atoms with Crippen molar-refractivity contribution >= 4 is 31.4 Å². The van der Waals surface area contributed by atoms with E-state index in [0.717, 1.165) is 9.98 Å². The zero-order chi connectivity index (χ0) is 24.5. The molecule has 1 N–H and O–H groups in total. The maximum Gasteiger partial charge on any atom is 0.279 e. The topological polar surface area (TPSA) is 95.9 Å². The fourth-order valence-corrected chi connectivity index (χ4v) is 5.75. The van der Waals surface area contributed by atoms with Crippen molar-refractivity contribution < 1.29 is 21.2 Å². The van der Waals surface area contributed by atoms with E-state index in [2.05, 4.69) is 9.82 Å². The molecule has 7 nitrogen and oxygen atoms in total. The monoisotopic (exact) mass is 501 g/mol. The summed E-state index contributed by atoms with van der Waals surface area (Å²) in [6, 6.07) is 18.0. The zero-order valence-corrected chi connectivity index (χ0v) is 20.3. The SMILES string of the molecule is CCS(=O)(=O)Nc1cccc(C2=NN(S(=O)(=O)c3ccc(C)cc3)[C@@H](c3ccccc3F)C2)c1. The van der Waals surface area contributed by atoms with Gasteiger partial charge in [0.15, 0.2) is 0 Å².